The zero-order valence-electron chi connectivity index (χ0n) is 11.0. The van der Waals surface area contributed by atoms with Gasteiger partial charge in [0.25, 0.3) is 0 Å². The fraction of sp³-hybridized carbons (Fsp3) is 0.133. The molecule has 21 heavy (non-hydrogen) atoms. The third kappa shape index (κ3) is 3.34. The number of halogens is 3. The molecule has 0 spiro atoms. The highest BCUT2D eigenvalue weighted by atomic mass is 19.1. The van der Waals surface area contributed by atoms with Crippen LogP contribution in [0.25, 0.3) is 0 Å². The minimum Gasteiger partial charge on any atom is -0.483 e. The summed E-state index contributed by atoms with van der Waals surface area (Å²) in [5.74, 6) is -4.87. The highest BCUT2D eigenvalue weighted by Gasteiger charge is 2.16. The quantitative estimate of drug-likeness (QED) is 0.936. The average Bonchev–Trinajstić information content (AvgIpc) is 2.41. The third-order valence-electron chi connectivity index (χ3n) is 2.93. The van der Waals surface area contributed by atoms with Gasteiger partial charge in [-0.1, -0.05) is 6.07 Å². The van der Waals surface area contributed by atoms with E-state index in [0.29, 0.717) is 23.3 Å². The lowest BCUT2D eigenvalue weighted by Gasteiger charge is -2.11. The molecular formula is C15H11F3O3. The molecule has 2 aromatic rings. The molecule has 2 aromatic carbocycles. The molecule has 0 aliphatic heterocycles. The van der Waals surface area contributed by atoms with Crippen LogP contribution in [0.2, 0.25) is 0 Å². The molecular weight excluding hydrogens is 285 g/mol. The first-order valence-electron chi connectivity index (χ1n) is 5.98. The Hall–Kier alpha value is -2.50. The van der Waals surface area contributed by atoms with Crippen LogP contribution in [0.3, 0.4) is 0 Å². The van der Waals surface area contributed by atoms with Crippen molar-refractivity contribution in [2.24, 2.45) is 0 Å². The van der Waals surface area contributed by atoms with Crippen molar-refractivity contribution in [3.05, 3.63) is 64.5 Å². The summed E-state index contributed by atoms with van der Waals surface area (Å²) in [5.41, 5.74) is 0.634. The van der Waals surface area contributed by atoms with Crippen molar-refractivity contribution in [3.8, 4) is 5.75 Å². The van der Waals surface area contributed by atoms with Gasteiger partial charge in [0.1, 0.15) is 12.4 Å². The van der Waals surface area contributed by atoms with Gasteiger partial charge in [0.15, 0.2) is 17.4 Å². The van der Waals surface area contributed by atoms with E-state index in [1.54, 1.807) is 6.92 Å². The van der Waals surface area contributed by atoms with Crippen molar-refractivity contribution < 1.29 is 27.8 Å². The van der Waals surface area contributed by atoms with Crippen LogP contribution in [0.4, 0.5) is 13.2 Å². The summed E-state index contributed by atoms with van der Waals surface area (Å²) >= 11 is 0. The van der Waals surface area contributed by atoms with Crippen molar-refractivity contribution in [2.75, 3.05) is 0 Å². The van der Waals surface area contributed by atoms with E-state index in [2.05, 4.69) is 0 Å². The zero-order valence-corrected chi connectivity index (χ0v) is 11.0. The largest absolute Gasteiger partial charge is 0.483 e. The Bertz CT molecular complexity index is 676. The summed E-state index contributed by atoms with van der Waals surface area (Å²) in [7, 11) is 0. The first-order chi connectivity index (χ1) is 9.88. The summed E-state index contributed by atoms with van der Waals surface area (Å²) in [4.78, 5) is 10.7. The molecule has 0 aromatic heterocycles. The van der Waals surface area contributed by atoms with Crippen LogP contribution in [0.1, 0.15) is 21.5 Å². The summed E-state index contributed by atoms with van der Waals surface area (Å²) in [5, 5.41) is 8.68. The van der Waals surface area contributed by atoms with Crippen molar-refractivity contribution in [1.82, 2.24) is 0 Å². The number of benzene rings is 2. The summed E-state index contributed by atoms with van der Waals surface area (Å²) in [6.45, 7) is 1.47. The standard InChI is InChI=1S/C15H11F3O3/c1-8-2-3-11(16)4-10(8)7-21-14-12(17)5-9(15(19)20)6-13(14)18/h2-6H,7H2,1H3,(H,19,20). The fourth-order valence-electron chi connectivity index (χ4n) is 1.77. The van der Waals surface area contributed by atoms with E-state index >= 15 is 0 Å². The molecule has 0 heterocycles. The summed E-state index contributed by atoms with van der Waals surface area (Å²) in [6, 6.07) is 5.32. The highest BCUT2D eigenvalue weighted by molar-refractivity contribution is 5.87. The number of hydrogen-bond donors (Lipinski definition) is 1. The predicted octanol–water partition coefficient (Wildman–Crippen LogP) is 3.69. The van der Waals surface area contributed by atoms with Crippen LogP contribution in [-0.2, 0) is 6.61 Å². The van der Waals surface area contributed by atoms with Gasteiger partial charge in [-0.05, 0) is 42.3 Å². The van der Waals surface area contributed by atoms with Crippen molar-refractivity contribution in [2.45, 2.75) is 13.5 Å². The van der Waals surface area contributed by atoms with Crippen LogP contribution < -0.4 is 4.74 Å². The van der Waals surface area contributed by atoms with E-state index in [-0.39, 0.29) is 6.61 Å². The molecule has 0 bridgehead atoms. The average molecular weight is 296 g/mol. The molecule has 0 aliphatic rings. The molecule has 0 saturated carbocycles. The lowest BCUT2D eigenvalue weighted by Crippen LogP contribution is -2.05. The minimum atomic E-state index is -1.44. The number of aryl methyl sites for hydroxylation is 1. The maximum atomic E-state index is 13.7. The fourth-order valence-corrected chi connectivity index (χ4v) is 1.77. The van der Waals surface area contributed by atoms with Gasteiger partial charge in [0.05, 0.1) is 5.56 Å². The van der Waals surface area contributed by atoms with Gasteiger partial charge in [-0.2, -0.15) is 0 Å². The molecule has 0 atom stereocenters. The Balaban J connectivity index is 2.24. The second-order valence-electron chi connectivity index (χ2n) is 4.43. The monoisotopic (exact) mass is 296 g/mol. The van der Waals surface area contributed by atoms with E-state index < -0.39 is 34.7 Å². The highest BCUT2D eigenvalue weighted by Crippen LogP contribution is 2.25. The molecule has 0 fully saturated rings. The van der Waals surface area contributed by atoms with E-state index in [1.807, 2.05) is 0 Å². The number of carboxylic acids is 1. The molecule has 6 heteroatoms. The van der Waals surface area contributed by atoms with Crippen LogP contribution in [0, 0.1) is 24.4 Å². The van der Waals surface area contributed by atoms with E-state index in [9.17, 15) is 18.0 Å². The molecule has 1 N–H and O–H groups in total. The normalized spacial score (nSPS) is 10.5. The lowest BCUT2D eigenvalue weighted by molar-refractivity contribution is 0.0695. The second kappa shape index (κ2) is 5.87. The molecule has 0 radical (unpaired) electrons. The summed E-state index contributed by atoms with van der Waals surface area (Å²) < 4.78 is 45.4. The van der Waals surface area contributed by atoms with Crippen LogP contribution >= 0.6 is 0 Å². The Morgan fingerprint density at radius 1 is 1.14 bits per heavy atom. The van der Waals surface area contributed by atoms with Crippen molar-refractivity contribution in [1.29, 1.82) is 0 Å². The number of carbonyl (C=O) groups is 1. The van der Waals surface area contributed by atoms with Crippen molar-refractivity contribution >= 4 is 5.97 Å². The number of hydrogen-bond acceptors (Lipinski definition) is 2. The van der Waals surface area contributed by atoms with Crippen LogP contribution in [0.15, 0.2) is 30.3 Å². The topological polar surface area (TPSA) is 46.5 Å². The first kappa shape index (κ1) is 14.9. The van der Waals surface area contributed by atoms with Gasteiger partial charge < -0.3 is 9.84 Å². The van der Waals surface area contributed by atoms with Gasteiger partial charge in [-0.15, -0.1) is 0 Å². The Kier molecular flexibility index (Phi) is 4.16. The lowest BCUT2D eigenvalue weighted by atomic mass is 10.1. The third-order valence-corrected chi connectivity index (χ3v) is 2.93. The maximum absolute atomic E-state index is 13.7. The van der Waals surface area contributed by atoms with E-state index in [4.69, 9.17) is 9.84 Å². The smallest absolute Gasteiger partial charge is 0.335 e. The number of carboxylic acid groups (broad SMARTS) is 1. The molecule has 110 valence electrons. The molecule has 3 nitrogen and oxygen atoms in total. The second-order valence-corrected chi connectivity index (χ2v) is 4.43. The first-order valence-corrected chi connectivity index (χ1v) is 5.98. The van der Waals surface area contributed by atoms with Gasteiger partial charge in [0, 0.05) is 0 Å². The SMILES string of the molecule is Cc1ccc(F)cc1COc1c(F)cc(C(=O)O)cc1F. The molecule has 0 saturated heterocycles. The number of ether oxygens (including phenoxy) is 1. The summed E-state index contributed by atoms with van der Waals surface area (Å²) in [6.07, 6.45) is 0. The van der Waals surface area contributed by atoms with Crippen molar-refractivity contribution in [3.63, 3.8) is 0 Å². The molecule has 0 unspecified atom stereocenters. The van der Waals surface area contributed by atoms with Crippen LogP contribution in [0.5, 0.6) is 5.75 Å². The van der Waals surface area contributed by atoms with Gasteiger partial charge >= 0.3 is 5.97 Å². The number of rotatable bonds is 4. The van der Waals surface area contributed by atoms with Gasteiger partial charge in [0.2, 0.25) is 0 Å². The van der Waals surface area contributed by atoms with Gasteiger partial charge in [-0.25, -0.2) is 18.0 Å². The Labute approximate surface area is 118 Å². The van der Waals surface area contributed by atoms with E-state index in [0.717, 1.165) is 0 Å². The zero-order chi connectivity index (χ0) is 15.6. The Morgan fingerprint density at radius 3 is 2.33 bits per heavy atom. The molecule has 2 rings (SSSR count). The minimum absolute atomic E-state index is 0.232. The van der Waals surface area contributed by atoms with Crippen LogP contribution in [-0.4, -0.2) is 11.1 Å². The Morgan fingerprint density at radius 2 is 1.76 bits per heavy atom. The maximum Gasteiger partial charge on any atom is 0.335 e. The van der Waals surface area contributed by atoms with Gasteiger partial charge in [-0.3, -0.25) is 0 Å². The molecule has 0 amide bonds. The predicted molar refractivity (Wildman–Crippen MR) is 68.8 cm³/mol. The number of aromatic carboxylic acids is 1. The molecule has 0 aliphatic carbocycles. The van der Waals surface area contributed by atoms with E-state index in [1.165, 1.54) is 18.2 Å².